The zero-order valence-corrected chi connectivity index (χ0v) is 11.5. The topological polar surface area (TPSA) is 56.7 Å². The number of nitrogens with zero attached hydrogens (tertiary/aromatic N) is 3. The lowest BCUT2D eigenvalue weighted by molar-refractivity contribution is 0.670. The van der Waals surface area contributed by atoms with Gasteiger partial charge < -0.3 is 5.73 Å². The number of aromatic nitrogens is 3. The van der Waals surface area contributed by atoms with E-state index in [0.29, 0.717) is 0 Å². The van der Waals surface area contributed by atoms with Crippen LogP contribution in [0.1, 0.15) is 30.6 Å². The van der Waals surface area contributed by atoms with Crippen molar-refractivity contribution in [1.29, 1.82) is 0 Å². The molecular weight excluding hydrogens is 280 g/mol. The maximum absolute atomic E-state index is 5.93. The van der Waals surface area contributed by atoms with Crippen LogP contribution >= 0.6 is 15.9 Å². The Labute approximate surface area is 109 Å². The molecule has 0 saturated carbocycles. The highest BCUT2D eigenvalue weighted by atomic mass is 79.9. The summed E-state index contributed by atoms with van der Waals surface area (Å²) in [6.45, 7) is 4.08. The Hall–Kier alpha value is -1.20. The lowest BCUT2D eigenvalue weighted by Gasteiger charge is -2.05. The second-order valence-electron chi connectivity index (χ2n) is 4.06. The highest BCUT2D eigenvalue weighted by Gasteiger charge is 2.10. The summed E-state index contributed by atoms with van der Waals surface area (Å²) in [5, 5.41) is 8.22. The van der Waals surface area contributed by atoms with E-state index in [-0.39, 0.29) is 6.04 Å². The van der Waals surface area contributed by atoms with E-state index in [4.69, 9.17) is 5.73 Å². The first-order valence-electron chi connectivity index (χ1n) is 5.56. The first kappa shape index (κ1) is 12.3. The Bertz CT molecular complexity index is 521. The van der Waals surface area contributed by atoms with E-state index in [9.17, 15) is 0 Å². The van der Waals surface area contributed by atoms with Gasteiger partial charge in [-0.2, -0.15) is 0 Å². The van der Waals surface area contributed by atoms with Crippen molar-refractivity contribution < 1.29 is 0 Å². The third-order valence-corrected chi connectivity index (χ3v) is 3.35. The molecular formula is C12H15BrN4. The molecule has 1 unspecified atom stereocenters. The molecule has 0 aliphatic rings. The summed E-state index contributed by atoms with van der Waals surface area (Å²) in [6, 6.07) is 6.06. The minimum absolute atomic E-state index is 0.0488. The molecule has 4 nitrogen and oxygen atoms in total. The monoisotopic (exact) mass is 294 g/mol. The molecule has 2 rings (SSSR count). The van der Waals surface area contributed by atoms with E-state index in [0.717, 1.165) is 22.3 Å². The Kier molecular flexibility index (Phi) is 3.59. The molecule has 1 aromatic carbocycles. The molecule has 1 heterocycles. The molecule has 0 fully saturated rings. The van der Waals surface area contributed by atoms with Crippen molar-refractivity contribution in [3.63, 3.8) is 0 Å². The largest absolute Gasteiger partial charge is 0.323 e. The minimum atomic E-state index is -0.0488. The van der Waals surface area contributed by atoms with Gasteiger partial charge in [-0.05, 0) is 47.0 Å². The Morgan fingerprint density at radius 1 is 1.47 bits per heavy atom. The number of nitrogens with two attached hydrogens (primary N) is 1. The maximum Gasteiger partial charge on any atom is 0.0998 e. The summed E-state index contributed by atoms with van der Waals surface area (Å²) in [5.41, 5.74) is 8.91. The smallest absolute Gasteiger partial charge is 0.0998 e. The molecule has 5 heteroatoms. The van der Waals surface area contributed by atoms with Crippen LogP contribution in [-0.4, -0.2) is 15.0 Å². The van der Waals surface area contributed by atoms with Crippen LogP contribution in [0.5, 0.6) is 0 Å². The molecule has 17 heavy (non-hydrogen) atoms. The van der Waals surface area contributed by atoms with Crippen molar-refractivity contribution in [3.8, 4) is 5.69 Å². The van der Waals surface area contributed by atoms with Gasteiger partial charge in [-0.25, -0.2) is 4.68 Å². The molecule has 1 atom stereocenters. The molecule has 0 amide bonds. The van der Waals surface area contributed by atoms with Crippen LogP contribution in [0, 0.1) is 6.92 Å². The quantitative estimate of drug-likeness (QED) is 0.947. The van der Waals surface area contributed by atoms with Crippen LogP contribution in [0.3, 0.4) is 0 Å². The average Bonchev–Trinajstić information content (AvgIpc) is 2.80. The van der Waals surface area contributed by atoms with Crippen molar-refractivity contribution in [1.82, 2.24) is 15.0 Å². The van der Waals surface area contributed by atoms with Gasteiger partial charge in [0.2, 0.25) is 0 Å². The Balaban J connectivity index is 2.40. The second-order valence-corrected chi connectivity index (χ2v) is 4.91. The first-order chi connectivity index (χ1) is 8.11. The van der Waals surface area contributed by atoms with E-state index >= 15 is 0 Å². The van der Waals surface area contributed by atoms with E-state index in [2.05, 4.69) is 32.3 Å². The van der Waals surface area contributed by atoms with Crippen LogP contribution in [0.25, 0.3) is 5.69 Å². The number of halogens is 1. The molecule has 0 saturated heterocycles. The molecule has 2 N–H and O–H groups in total. The summed E-state index contributed by atoms with van der Waals surface area (Å²) in [6.07, 6.45) is 2.74. The Morgan fingerprint density at radius 3 is 2.94 bits per heavy atom. The fourth-order valence-corrected chi connectivity index (χ4v) is 2.00. The van der Waals surface area contributed by atoms with Crippen LogP contribution in [0.4, 0.5) is 0 Å². The van der Waals surface area contributed by atoms with Crippen LogP contribution in [-0.2, 0) is 0 Å². The first-order valence-corrected chi connectivity index (χ1v) is 6.35. The summed E-state index contributed by atoms with van der Waals surface area (Å²) in [4.78, 5) is 0. The van der Waals surface area contributed by atoms with Gasteiger partial charge in [-0.1, -0.05) is 18.2 Å². The standard InChI is InChI=1S/C12H15BrN4/c1-3-10(14)11-7-17(16-15-11)12-6-8(2)4-5-9(12)13/h4-7,10H,3,14H2,1-2H3. The van der Waals surface area contributed by atoms with Crippen LogP contribution in [0.2, 0.25) is 0 Å². The second kappa shape index (κ2) is 4.98. The fraction of sp³-hybridized carbons (Fsp3) is 0.333. The molecule has 90 valence electrons. The summed E-state index contributed by atoms with van der Waals surface area (Å²) < 4.78 is 2.74. The Morgan fingerprint density at radius 2 is 2.24 bits per heavy atom. The molecule has 0 aliphatic carbocycles. The van der Waals surface area contributed by atoms with Crippen LogP contribution < -0.4 is 5.73 Å². The molecule has 0 bridgehead atoms. The highest BCUT2D eigenvalue weighted by molar-refractivity contribution is 9.10. The third-order valence-electron chi connectivity index (χ3n) is 2.68. The predicted molar refractivity (Wildman–Crippen MR) is 71.0 cm³/mol. The van der Waals surface area contributed by atoms with Crippen molar-refractivity contribution in [2.24, 2.45) is 5.73 Å². The van der Waals surface area contributed by atoms with Gasteiger partial charge in [0.25, 0.3) is 0 Å². The van der Waals surface area contributed by atoms with E-state index in [1.54, 1.807) is 4.68 Å². The number of benzene rings is 1. The zero-order chi connectivity index (χ0) is 12.4. The number of hydrogen-bond donors (Lipinski definition) is 1. The maximum atomic E-state index is 5.93. The van der Waals surface area contributed by atoms with E-state index in [1.165, 1.54) is 5.56 Å². The lowest BCUT2D eigenvalue weighted by Crippen LogP contribution is -2.08. The minimum Gasteiger partial charge on any atom is -0.323 e. The van der Waals surface area contributed by atoms with Crippen LogP contribution in [0.15, 0.2) is 28.9 Å². The van der Waals surface area contributed by atoms with Gasteiger partial charge in [-0.3, -0.25) is 0 Å². The van der Waals surface area contributed by atoms with Gasteiger partial charge in [0.05, 0.1) is 23.6 Å². The van der Waals surface area contributed by atoms with Crippen molar-refractivity contribution in [2.75, 3.05) is 0 Å². The van der Waals surface area contributed by atoms with Gasteiger partial charge in [0.15, 0.2) is 0 Å². The molecule has 0 spiro atoms. The summed E-state index contributed by atoms with van der Waals surface area (Å²) in [5.74, 6) is 0. The van der Waals surface area contributed by atoms with E-state index < -0.39 is 0 Å². The lowest BCUT2D eigenvalue weighted by atomic mass is 10.2. The molecule has 0 radical (unpaired) electrons. The third kappa shape index (κ3) is 2.56. The van der Waals surface area contributed by atoms with Crippen molar-refractivity contribution in [2.45, 2.75) is 26.3 Å². The number of aryl methyl sites for hydroxylation is 1. The average molecular weight is 295 g/mol. The zero-order valence-electron chi connectivity index (χ0n) is 9.89. The SMILES string of the molecule is CCC(N)c1cn(-c2cc(C)ccc2Br)nn1. The van der Waals surface area contributed by atoms with Gasteiger partial charge in [0.1, 0.15) is 0 Å². The van der Waals surface area contributed by atoms with E-state index in [1.807, 2.05) is 32.2 Å². The normalized spacial score (nSPS) is 12.7. The van der Waals surface area contributed by atoms with Crippen molar-refractivity contribution >= 4 is 15.9 Å². The summed E-state index contributed by atoms with van der Waals surface area (Å²) in [7, 11) is 0. The molecule has 2 aromatic rings. The number of rotatable bonds is 3. The van der Waals surface area contributed by atoms with Gasteiger partial charge in [-0.15, -0.1) is 5.10 Å². The van der Waals surface area contributed by atoms with Gasteiger partial charge in [0, 0.05) is 4.47 Å². The predicted octanol–water partition coefficient (Wildman–Crippen LogP) is 2.75. The molecule has 0 aliphatic heterocycles. The molecule has 1 aromatic heterocycles. The fourth-order valence-electron chi connectivity index (χ4n) is 1.57. The van der Waals surface area contributed by atoms with Crippen molar-refractivity contribution in [3.05, 3.63) is 40.1 Å². The highest BCUT2D eigenvalue weighted by Crippen LogP contribution is 2.22. The summed E-state index contributed by atoms with van der Waals surface area (Å²) >= 11 is 3.51. The number of hydrogen-bond acceptors (Lipinski definition) is 3. The van der Waals surface area contributed by atoms with Gasteiger partial charge >= 0.3 is 0 Å².